The first-order valence-corrected chi connectivity index (χ1v) is 8.42. The van der Waals surface area contributed by atoms with Crippen molar-refractivity contribution >= 4 is 39.5 Å². The van der Waals surface area contributed by atoms with E-state index < -0.39 is 6.04 Å². The van der Waals surface area contributed by atoms with Crippen LogP contribution in [0.25, 0.3) is 0 Å². The standard InChI is InChI=1S/C17H16N4O2S/c1-10(16(23)21-17-12(9-18)6-7-24-17)19-13-3-4-14-11(8-13)2-5-15(22)20-14/h3-4,6-8,10,19H,2,5H2,1H3,(H,20,22)(H,21,23)/t10-/m1/s1. The van der Waals surface area contributed by atoms with Gasteiger partial charge in [0.2, 0.25) is 11.8 Å². The lowest BCUT2D eigenvalue weighted by Gasteiger charge is -2.20. The van der Waals surface area contributed by atoms with Gasteiger partial charge < -0.3 is 16.0 Å². The van der Waals surface area contributed by atoms with Gasteiger partial charge in [0, 0.05) is 17.8 Å². The molecule has 1 aromatic heterocycles. The normalized spacial score (nSPS) is 14.1. The first-order valence-electron chi connectivity index (χ1n) is 7.54. The highest BCUT2D eigenvalue weighted by Gasteiger charge is 2.18. The zero-order valence-corrected chi connectivity index (χ0v) is 13.9. The Morgan fingerprint density at radius 1 is 1.38 bits per heavy atom. The number of carbonyl (C=O) groups excluding carboxylic acids is 2. The molecule has 122 valence electrons. The van der Waals surface area contributed by atoms with Gasteiger partial charge >= 0.3 is 0 Å². The number of anilines is 3. The Morgan fingerprint density at radius 2 is 2.21 bits per heavy atom. The van der Waals surface area contributed by atoms with E-state index in [4.69, 9.17) is 5.26 Å². The van der Waals surface area contributed by atoms with Gasteiger partial charge in [0.15, 0.2) is 0 Å². The number of nitrogens with one attached hydrogen (secondary N) is 3. The number of carbonyl (C=O) groups is 2. The van der Waals surface area contributed by atoms with Crippen molar-refractivity contribution < 1.29 is 9.59 Å². The van der Waals surface area contributed by atoms with Gasteiger partial charge in [-0.15, -0.1) is 11.3 Å². The minimum absolute atomic E-state index is 0.0280. The molecule has 24 heavy (non-hydrogen) atoms. The molecule has 1 aliphatic rings. The maximum Gasteiger partial charge on any atom is 0.247 e. The Kier molecular flexibility index (Phi) is 4.49. The van der Waals surface area contributed by atoms with Crippen LogP contribution in [0, 0.1) is 11.3 Å². The third kappa shape index (κ3) is 3.39. The van der Waals surface area contributed by atoms with Crippen LogP contribution in [-0.2, 0) is 16.0 Å². The van der Waals surface area contributed by atoms with E-state index in [1.807, 2.05) is 24.3 Å². The van der Waals surface area contributed by atoms with Crippen LogP contribution in [0.2, 0.25) is 0 Å². The van der Waals surface area contributed by atoms with Crippen LogP contribution in [0.3, 0.4) is 0 Å². The molecule has 2 aromatic rings. The maximum absolute atomic E-state index is 12.3. The number of amides is 2. The fourth-order valence-electron chi connectivity index (χ4n) is 2.50. The minimum Gasteiger partial charge on any atom is -0.374 e. The molecule has 0 aliphatic carbocycles. The number of hydrogen-bond acceptors (Lipinski definition) is 5. The summed E-state index contributed by atoms with van der Waals surface area (Å²) in [6.07, 6.45) is 1.17. The smallest absolute Gasteiger partial charge is 0.247 e. The zero-order chi connectivity index (χ0) is 17.1. The summed E-state index contributed by atoms with van der Waals surface area (Å²) in [6.45, 7) is 1.76. The molecule has 1 aromatic carbocycles. The lowest BCUT2D eigenvalue weighted by molar-refractivity contribution is -0.117. The highest BCUT2D eigenvalue weighted by Crippen LogP contribution is 2.26. The number of nitrogens with zero attached hydrogens (tertiary/aromatic N) is 1. The molecule has 3 N–H and O–H groups in total. The van der Waals surface area contributed by atoms with Gasteiger partial charge in [0.05, 0.1) is 5.56 Å². The quantitative estimate of drug-likeness (QED) is 0.797. The summed E-state index contributed by atoms with van der Waals surface area (Å²) in [5, 5.41) is 20.1. The first kappa shape index (κ1) is 16.0. The summed E-state index contributed by atoms with van der Waals surface area (Å²) < 4.78 is 0. The van der Waals surface area contributed by atoms with Gasteiger partial charge in [0.1, 0.15) is 17.1 Å². The second-order valence-electron chi connectivity index (χ2n) is 5.55. The van der Waals surface area contributed by atoms with Crippen LogP contribution >= 0.6 is 11.3 Å². The van der Waals surface area contributed by atoms with E-state index in [2.05, 4.69) is 16.0 Å². The Hall–Kier alpha value is -2.85. The molecule has 6 nitrogen and oxygen atoms in total. The molecular weight excluding hydrogens is 324 g/mol. The third-order valence-electron chi connectivity index (χ3n) is 3.80. The summed E-state index contributed by atoms with van der Waals surface area (Å²) in [5.74, 6) is -0.180. The van der Waals surface area contributed by atoms with Crippen LogP contribution in [0.4, 0.5) is 16.4 Å². The van der Waals surface area contributed by atoms with Crippen LogP contribution in [0.1, 0.15) is 24.5 Å². The summed E-state index contributed by atoms with van der Waals surface area (Å²) in [5.41, 5.74) is 3.16. The summed E-state index contributed by atoms with van der Waals surface area (Å²) in [7, 11) is 0. The van der Waals surface area contributed by atoms with Crippen molar-refractivity contribution in [2.24, 2.45) is 0 Å². The Labute approximate surface area is 143 Å². The fourth-order valence-corrected chi connectivity index (χ4v) is 3.24. The van der Waals surface area contributed by atoms with Crippen molar-refractivity contribution in [3.8, 4) is 6.07 Å². The van der Waals surface area contributed by atoms with Crippen LogP contribution < -0.4 is 16.0 Å². The highest BCUT2D eigenvalue weighted by molar-refractivity contribution is 7.14. The summed E-state index contributed by atoms with van der Waals surface area (Å²) >= 11 is 1.32. The van der Waals surface area contributed by atoms with E-state index in [1.54, 1.807) is 18.4 Å². The fraction of sp³-hybridized carbons (Fsp3) is 0.235. The van der Waals surface area contributed by atoms with Crippen LogP contribution in [0.5, 0.6) is 0 Å². The molecule has 0 fully saturated rings. The maximum atomic E-state index is 12.3. The second-order valence-corrected chi connectivity index (χ2v) is 6.47. The van der Waals surface area contributed by atoms with Gasteiger partial charge in [-0.2, -0.15) is 5.26 Å². The summed E-state index contributed by atoms with van der Waals surface area (Å²) in [6, 6.07) is 8.88. The summed E-state index contributed by atoms with van der Waals surface area (Å²) in [4.78, 5) is 23.7. The Bertz CT molecular complexity index is 837. The van der Waals surface area contributed by atoms with Crippen LogP contribution in [-0.4, -0.2) is 17.9 Å². The predicted octanol–water partition coefficient (Wildman–Crippen LogP) is 2.94. The Morgan fingerprint density at radius 3 is 3.00 bits per heavy atom. The number of rotatable bonds is 4. The van der Waals surface area contributed by atoms with E-state index in [0.717, 1.165) is 16.9 Å². The number of nitriles is 1. The number of thiophene rings is 1. The molecule has 1 atom stereocenters. The van der Waals surface area contributed by atoms with Gasteiger partial charge in [-0.1, -0.05) is 0 Å². The SMILES string of the molecule is C[C@@H](Nc1ccc2c(c1)CCC(=O)N2)C(=O)Nc1sccc1C#N. The van der Waals surface area contributed by atoms with Crippen LogP contribution in [0.15, 0.2) is 29.6 Å². The predicted molar refractivity (Wildman–Crippen MR) is 94.1 cm³/mol. The van der Waals surface area contributed by atoms with Crippen molar-refractivity contribution in [1.29, 1.82) is 5.26 Å². The molecular formula is C17H16N4O2S. The van der Waals surface area contributed by atoms with E-state index in [-0.39, 0.29) is 11.8 Å². The van der Waals surface area contributed by atoms with Crippen molar-refractivity contribution in [3.05, 3.63) is 40.8 Å². The molecule has 3 rings (SSSR count). The Balaban J connectivity index is 1.66. The monoisotopic (exact) mass is 340 g/mol. The molecule has 2 heterocycles. The highest BCUT2D eigenvalue weighted by atomic mass is 32.1. The number of fused-ring (bicyclic) bond motifs is 1. The first-order chi connectivity index (χ1) is 11.6. The average Bonchev–Trinajstić information content (AvgIpc) is 3.02. The number of aryl methyl sites for hydroxylation is 1. The van der Waals surface area contributed by atoms with Gasteiger partial charge in [-0.3, -0.25) is 9.59 Å². The van der Waals surface area contributed by atoms with E-state index in [0.29, 0.717) is 23.4 Å². The molecule has 0 radical (unpaired) electrons. The number of hydrogen-bond donors (Lipinski definition) is 3. The van der Waals surface area contributed by atoms with E-state index in [9.17, 15) is 9.59 Å². The van der Waals surface area contributed by atoms with Gasteiger partial charge in [-0.25, -0.2) is 0 Å². The molecule has 7 heteroatoms. The van der Waals surface area contributed by atoms with Gasteiger partial charge in [-0.05, 0) is 48.6 Å². The average molecular weight is 340 g/mol. The number of benzene rings is 1. The largest absolute Gasteiger partial charge is 0.374 e. The molecule has 2 amide bonds. The topological polar surface area (TPSA) is 94.0 Å². The third-order valence-corrected chi connectivity index (χ3v) is 4.63. The van der Waals surface area contributed by atoms with Crippen molar-refractivity contribution in [2.45, 2.75) is 25.8 Å². The minimum atomic E-state index is -0.463. The van der Waals surface area contributed by atoms with E-state index >= 15 is 0 Å². The molecule has 0 bridgehead atoms. The molecule has 0 spiro atoms. The van der Waals surface area contributed by atoms with Crippen molar-refractivity contribution in [1.82, 2.24) is 0 Å². The lowest BCUT2D eigenvalue weighted by Crippen LogP contribution is -2.32. The molecule has 0 saturated carbocycles. The molecule has 1 aliphatic heterocycles. The zero-order valence-electron chi connectivity index (χ0n) is 13.1. The van der Waals surface area contributed by atoms with Gasteiger partial charge in [0.25, 0.3) is 0 Å². The van der Waals surface area contributed by atoms with E-state index in [1.165, 1.54) is 11.3 Å². The molecule has 0 saturated heterocycles. The van der Waals surface area contributed by atoms with Crippen molar-refractivity contribution in [2.75, 3.05) is 16.0 Å². The van der Waals surface area contributed by atoms with Crippen molar-refractivity contribution in [3.63, 3.8) is 0 Å². The lowest BCUT2D eigenvalue weighted by atomic mass is 10.0. The second kappa shape index (κ2) is 6.72. The molecule has 0 unspecified atom stereocenters.